The van der Waals surface area contributed by atoms with E-state index in [0.717, 1.165) is 23.7 Å². The molecule has 0 bridgehead atoms. The van der Waals surface area contributed by atoms with Gasteiger partial charge in [-0.1, -0.05) is 18.2 Å². The van der Waals surface area contributed by atoms with Crippen LogP contribution in [0.4, 0.5) is 13.2 Å². The first-order chi connectivity index (χ1) is 13.3. The Kier molecular flexibility index (Phi) is 6.67. The number of hydrogen-bond acceptors (Lipinski definition) is 6. The van der Waals surface area contributed by atoms with Crippen molar-refractivity contribution in [3.05, 3.63) is 28.7 Å². The van der Waals surface area contributed by atoms with Crippen molar-refractivity contribution in [3.8, 4) is 11.5 Å². The van der Waals surface area contributed by atoms with Crippen molar-refractivity contribution in [2.24, 2.45) is 0 Å². The molecule has 156 valence electrons. The highest BCUT2D eigenvalue weighted by Crippen LogP contribution is 2.39. The van der Waals surface area contributed by atoms with Gasteiger partial charge in [0.15, 0.2) is 11.5 Å². The minimum atomic E-state index is -4.78. The first-order valence-corrected chi connectivity index (χ1v) is 10.2. The number of methoxy groups -OCH3 is 1. The van der Waals surface area contributed by atoms with Crippen LogP contribution in [-0.4, -0.2) is 50.0 Å². The number of thioether (sulfide) groups is 1. The number of nitrogens with one attached hydrogen (secondary N) is 2. The third-order valence-corrected chi connectivity index (χ3v) is 6.25. The van der Waals surface area contributed by atoms with E-state index >= 15 is 0 Å². The largest absolute Gasteiger partial charge is 0.573 e. The van der Waals surface area contributed by atoms with Crippen LogP contribution in [0.2, 0.25) is 0 Å². The molecule has 0 aromatic heterocycles. The van der Waals surface area contributed by atoms with Crippen LogP contribution in [0.3, 0.4) is 0 Å². The molecule has 2 unspecified atom stereocenters. The number of halogens is 3. The van der Waals surface area contributed by atoms with Gasteiger partial charge in [0.2, 0.25) is 0 Å². The van der Waals surface area contributed by atoms with Crippen LogP contribution in [0.5, 0.6) is 11.5 Å². The number of rotatable bonds is 6. The molecular weight excluding hydrogens is 391 g/mol. The van der Waals surface area contributed by atoms with Gasteiger partial charge in [-0.2, -0.15) is 0 Å². The van der Waals surface area contributed by atoms with Gasteiger partial charge in [0.1, 0.15) is 5.50 Å². The maximum absolute atomic E-state index is 12.8. The van der Waals surface area contributed by atoms with Crippen molar-refractivity contribution >= 4 is 17.5 Å². The predicted molar refractivity (Wildman–Crippen MR) is 105 cm³/mol. The van der Waals surface area contributed by atoms with Crippen molar-refractivity contribution in [2.75, 3.05) is 27.2 Å². The van der Waals surface area contributed by atoms with E-state index in [-0.39, 0.29) is 17.0 Å². The van der Waals surface area contributed by atoms with Gasteiger partial charge in [-0.25, -0.2) is 0 Å². The molecule has 0 spiro atoms. The van der Waals surface area contributed by atoms with Gasteiger partial charge in [-0.05, 0) is 51.6 Å². The third-order valence-electron chi connectivity index (χ3n) is 5.04. The minimum Gasteiger partial charge on any atom is -0.493 e. The highest BCUT2D eigenvalue weighted by atomic mass is 32.2. The van der Waals surface area contributed by atoms with Crippen LogP contribution < -0.4 is 20.1 Å². The molecule has 3 rings (SSSR count). The zero-order chi connectivity index (χ0) is 20.3. The van der Waals surface area contributed by atoms with Crippen molar-refractivity contribution in [1.29, 1.82) is 0 Å². The molecule has 2 aliphatic heterocycles. The van der Waals surface area contributed by atoms with E-state index in [9.17, 15) is 13.2 Å². The van der Waals surface area contributed by atoms with Crippen molar-refractivity contribution in [1.82, 2.24) is 15.5 Å². The standard InChI is InChI=1S/C19H26F3N3O2S/c1-12-6-4-5-9-25(12)11-16-17(24-18(23-2)28-16)13-7-8-14(26-3)15(10-13)27-19(20,21)22/h7-8,10,12,18,23-24H,4-6,9,11H2,1-3H3. The van der Waals surface area contributed by atoms with E-state index in [4.69, 9.17) is 4.74 Å². The lowest BCUT2D eigenvalue weighted by Gasteiger charge is -2.33. The quantitative estimate of drug-likeness (QED) is 0.730. The van der Waals surface area contributed by atoms with E-state index in [0.29, 0.717) is 11.6 Å². The predicted octanol–water partition coefficient (Wildman–Crippen LogP) is 3.98. The number of nitrogens with zero attached hydrogens (tertiary/aromatic N) is 1. The van der Waals surface area contributed by atoms with Crippen molar-refractivity contribution in [3.63, 3.8) is 0 Å². The molecule has 0 amide bonds. The summed E-state index contributed by atoms with van der Waals surface area (Å²) in [6.45, 7) is 4.03. The Bertz CT molecular complexity index is 727. The van der Waals surface area contributed by atoms with Crippen LogP contribution in [0.1, 0.15) is 31.7 Å². The second kappa shape index (κ2) is 8.84. The maximum Gasteiger partial charge on any atom is 0.573 e. The summed E-state index contributed by atoms with van der Waals surface area (Å²) in [5, 5.41) is 6.54. The molecule has 0 radical (unpaired) electrons. The van der Waals surface area contributed by atoms with Crippen LogP contribution in [0.15, 0.2) is 23.1 Å². The number of alkyl halides is 3. The normalized spacial score (nSPS) is 23.6. The van der Waals surface area contributed by atoms with Gasteiger partial charge in [0, 0.05) is 23.1 Å². The average molecular weight is 417 g/mol. The molecule has 2 heterocycles. The maximum atomic E-state index is 12.8. The summed E-state index contributed by atoms with van der Waals surface area (Å²) in [4.78, 5) is 3.54. The van der Waals surface area contributed by atoms with Gasteiger partial charge in [-0.3, -0.25) is 10.2 Å². The van der Waals surface area contributed by atoms with Crippen molar-refractivity contribution in [2.45, 2.75) is 44.1 Å². The Hall–Kier alpha value is -1.58. The highest BCUT2D eigenvalue weighted by Gasteiger charge is 2.33. The second-order valence-corrected chi connectivity index (χ2v) is 8.16. The second-order valence-electron chi connectivity index (χ2n) is 6.96. The molecular formula is C19H26F3N3O2S. The molecule has 28 heavy (non-hydrogen) atoms. The molecule has 1 saturated heterocycles. The zero-order valence-electron chi connectivity index (χ0n) is 16.2. The van der Waals surface area contributed by atoms with Gasteiger partial charge >= 0.3 is 6.36 Å². The van der Waals surface area contributed by atoms with Gasteiger partial charge < -0.3 is 14.8 Å². The summed E-state index contributed by atoms with van der Waals surface area (Å²) in [6, 6.07) is 5.13. The summed E-state index contributed by atoms with van der Waals surface area (Å²) in [5.74, 6) is -0.297. The van der Waals surface area contributed by atoms with E-state index < -0.39 is 6.36 Å². The van der Waals surface area contributed by atoms with E-state index in [1.807, 2.05) is 7.05 Å². The molecule has 2 N–H and O–H groups in total. The number of piperidine rings is 1. The summed E-state index contributed by atoms with van der Waals surface area (Å²) in [7, 11) is 3.17. The van der Waals surface area contributed by atoms with Crippen molar-refractivity contribution < 1.29 is 22.6 Å². The number of hydrogen-bond donors (Lipinski definition) is 2. The molecule has 1 fully saturated rings. The molecule has 2 aliphatic rings. The molecule has 1 aromatic carbocycles. The minimum absolute atomic E-state index is 0.0285. The summed E-state index contributed by atoms with van der Waals surface area (Å²) in [6.07, 6.45) is -1.20. The van der Waals surface area contributed by atoms with E-state index in [2.05, 4.69) is 27.2 Å². The van der Waals surface area contributed by atoms with E-state index in [1.54, 1.807) is 17.8 Å². The first-order valence-electron chi connectivity index (χ1n) is 9.32. The number of ether oxygens (including phenoxy) is 2. The first kappa shape index (κ1) is 21.1. The summed E-state index contributed by atoms with van der Waals surface area (Å²) in [5.41, 5.74) is 1.45. The summed E-state index contributed by atoms with van der Waals surface area (Å²) >= 11 is 1.66. The summed E-state index contributed by atoms with van der Waals surface area (Å²) < 4.78 is 47.6. The van der Waals surface area contributed by atoms with Crippen LogP contribution in [0, 0.1) is 0 Å². The van der Waals surface area contributed by atoms with Gasteiger partial charge in [0.05, 0.1) is 12.8 Å². The van der Waals surface area contributed by atoms with Crippen LogP contribution in [-0.2, 0) is 0 Å². The molecule has 9 heteroatoms. The van der Waals surface area contributed by atoms with Crippen LogP contribution >= 0.6 is 11.8 Å². The average Bonchev–Trinajstić information content (AvgIpc) is 3.05. The SMILES string of the molecule is CNC1NC(c2ccc(OC)c(OC(F)(F)F)c2)=C(CN2CCCCC2C)S1. The fraction of sp³-hybridized carbons (Fsp3) is 0.579. The Morgan fingerprint density at radius 2 is 2.07 bits per heavy atom. The molecule has 5 nitrogen and oxygen atoms in total. The monoisotopic (exact) mass is 417 g/mol. The molecule has 0 aliphatic carbocycles. The Morgan fingerprint density at radius 3 is 2.71 bits per heavy atom. The topological polar surface area (TPSA) is 45.8 Å². The van der Waals surface area contributed by atoms with Crippen LogP contribution in [0.25, 0.3) is 5.70 Å². The third kappa shape index (κ3) is 5.07. The fourth-order valence-electron chi connectivity index (χ4n) is 3.55. The number of likely N-dealkylation sites (tertiary alicyclic amines) is 1. The molecule has 2 atom stereocenters. The van der Waals surface area contributed by atoms with Gasteiger partial charge in [-0.15, -0.1) is 13.2 Å². The van der Waals surface area contributed by atoms with E-state index in [1.165, 1.54) is 38.5 Å². The zero-order valence-corrected chi connectivity index (χ0v) is 17.0. The lowest BCUT2D eigenvalue weighted by Crippen LogP contribution is -2.38. The smallest absolute Gasteiger partial charge is 0.493 e. The molecule has 1 aromatic rings. The Labute approximate surface area is 167 Å². The molecule has 0 saturated carbocycles. The number of benzene rings is 1. The van der Waals surface area contributed by atoms with Gasteiger partial charge in [0.25, 0.3) is 0 Å². The Balaban J connectivity index is 1.91. The fourth-order valence-corrected chi connectivity index (χ4v) is 4.66. The Morgan fingerprint density at radius 1 is 1.29 bits per heavy atom. The lowest BCUT2D eigenvalue weighted by molar-refractivity contribution is -0.275. The lowest BCUT2D eigenvalue weighted by atomic mass is 10.0. The highest BCUT2D eigenvalue weighted by molar-refractivity contribution is 8.04.